The van der Waals surface area contributed by atoms with Crippen molar-refractivity contribution in [1.29, 1.82) is 0 Å². The molecule has 0 aliphatic carbocycles. The predicted molar refractivity (Wildman–Crippen MR) is 180 cm³/mol. The van der Waals surface area contributed by atoms with E-state index in [0.29, 0.717) is 57.3 Å². The van der Waals surface area contributed by atoms with E-state index in [1.54, 1.807) is 17.0 Å². The van der Waals surface area contributed by atoms with E-state index in [4.69, 9.17) is 0 Å². The quantitative estimate of drug-likeness (QED) is 0.384. The van der Waals surface area contributed by atoms with Crippen molar-refractivity contribution in [2.24, 2.45) is 0 Å². The summed E-state index contributed by atoms with van der Waals surface area (Å²) in [6.07, 6.45) is 6.76. The van der Waals surface area contributed by atoms with Gasteiger partial charge < -0.3 is 35.6 Å². The maximum absolute atomic E-state index is 13.9. The van der Waals surface area contributed by atoms with Crippen molar-refractivity contribution in [1.82, 2.24) is 24.9 Å². The summed E-state index contributed by atoms with van der Waals surface area (Å²) in [7, 11) is 0. The van der Waals surface area contributed by atoms with Crippen LogP contribution in [0.25, 0.3) is 0 Å². The number of carbonyl (C=O) groups is 4. The SMILES string of the molecule is O=C(Nc1ccc(Br)cc1)N[C@@H](CC(=O)N1CCC(N2Cc3ccccc3NC2=O)CC1)C(=O)N1CCC(N2CCCCC2)CC1. The number of hydrogen-bond donors (Lipinski definition) is 3. The molecule has 1 atom stereocenters. The van der Waals surface area contributed by atoms with Crippen LogP contribution in [0.5, 0.6) is 0 Å². The van der Waals surface area contributed by atoms with E-state index in [-0.39, 0.29) is 30.3 Å². The van der Waals surface area contributed by atoms with Crippen molar-refractivity contribution in [3.63, 3.8) is 0 Å². The highest BCUT2D eigenvalue weighted by Gasteiger charge is 2.36. The van der Waals surface area contributed by atoms with Crippen molar-refractivity contribution in [2.45, 2.75) is 76.0 Å². The highest BCUT2D eigenvalue weighted by Crippen LogP contribution is 2.28. The van der Waals surface area contributed by atoms with Gasteiger partial charge in [-0.1, -0.05) is 40.5 Å². The number of rotatable bonds is 7. The van der Waals surface area contributed by atoms with Crippen LogP contribution in [0.4, 0.5) is 21.0 Å². The molecule has 4 aliphatic heterocycles. The second kappa shape index (κ2) is 14.8. The zero-order valence-electron chi connectivity index (χ0n) is 26.3. The molecule has 3 N–H and O–H groups in total. The summed E-state index contributed by atoms with van der Waals surface area (Å²) in [6, 6.07) is 13.9. The van der Waals surface area contributed by atoms with E-state index >= 15 is 0 Å². The third-order valence-electron chi connectivity index (χ3n) is 9.89. The van der Waals surface area contributed by atoms with Gasteiger partial charge in [-0.05, 0) is 87.5 Å². The van der Waals surface area contributed by atoms with Crippen LogP contribution < -0.4 is 16.0 Å². The fourth-order valence-electron chi connectivity index (χ4n) is 7.26. The Morgan fingerprint density at radius 2 is 1.48 bits per heavy atom. The summed E-state index contributed by atoms with van der Waals surface area (Å²) < 4.78 is 0.888. The molecule has 0 bridgehead atoms. The largest absolute Gasteiger partial charge is 0.342 e. The second-order valence-electron chi connectivity index (χ2n) is 12.8. The number of likely N-dealkylation sites (tertiary alicyclic amines) is 3. The molecule has 11 nitrogen and oxygen atoms in total. The number of carbonyl (C=O) groups excluding carboxylic acids is 4. The van der Waals surface area contributed by atoms with E-state index in [9.17, 15) is 19.2 Å². The first-order chi connectivity index (χ1) is 22.3. The number of nitrogens with one attached hydrogen (secondary N) is 3. The van der Waals surface area contributed by atoms with Gasteiger partial charge in [0.2, 0.25) is 11.8 Å². The Balaban J connectivity index is 1.06. The minimum Gasteiger partial charge on any atom is -0.342 e. The molecule has 246 valence electrons. The van der Waals surface area contributed by atoms with Crippen LogP contribution in [0.1, 0.15) is 56.9 Å². The summed E-state index contributed by atoms with van der Waals surface area (Å²) in [5.41, 5.74) is 2.51. The number of amides is 6. The van der Waals surface area contributed by atoms with Crippen molar-refractivity contribution >= 4 is 51.2 Å². The molecule has 6 rings (SSSR count). The summed E-state index contributed by atoms with van der Waals surface area (Å²) >= 11 is 3.40. The molecule has 2 aromatic rings. The molecule has 4 aliphatic rings. The zero-order chi connectivity index (χ0) is 32.0. The van der Waals surface area contributed by atoms with E-state index in [1.807, 2.05) is 46.2 Å². The molecule has 0 radical (unpaired) electrons. The molecule has 0 unspecified atom stereocenters. The average molecular weight is 695 g/mol. The molecule has 4 heterocycles. The summed E-state index contributed by atoms with van der Waals surface area (Å²) in [5, 5.41) is 8.61. The van der Waals surface area contributed by atoms with E-state index in [2.05, 4.69) is 36.8 Å². The number of anilines is 2. The van der Waals surface area contributed by atoms with Crippen LogP contribution in [0, 0.1) is 0 Å². The molecule has 12 heteroatoms. The summed E-state index contributed by atoms with van der Waals surface area (Å²) in [5.74, 6) is -0.382. The number of hydrogen-bond acceptors (Lipinski definition) is 5. The molecular weight excluding hydrogens is 650 g/mol. The third kappa shape index (κ3) is 7.83. The topological polar surface area (TPSA) is 117 Å². The highest BCUT2D eigenvalue weighted by atomic mass is 79.9. The summed E-state index contributed by atoms with van der Waals surface area (Å²) in [4.78, 5) is 61.4. The molecule has 6 amide bonds. The fourth-order valence-corrected chi connectivity index (χ4v) is 7.53. The number of nitrogens with zero attached hydrogens (tertiary/aromatic N) is 4. The minimum absolute atomic E-state index is 0.0193. The van der Waals surface area contributed by atoms with Crippen molar-refractivity contribution in [2.75, 3.05) is 49.9 Å². The van der Waals surface area contributed by atoms with Gasteiger partial charge >= 0.3 is 12.1 Å². The Hall–Kier alpha value is -3.64. The fraction of sp³-hybridized carbons (Fsp3) is 0.529. The maximum atomic E-state index is 13.9. The molecule has 0 saturated carbocycles. The Kier molecular flexibility index (Phi) is 10.4. The van der Waals surface area contributed by atoms with Crippen LogP contribution in [0.3, 0.4) is 0 Å². The monoisotopic (exact) mass is 693 g/mol. The van der Waals surface area contributed by atoms with Crippen molar-refractivity contribution in [3.8, 4) is 0 Å². The van der Waals surface area contributed by atoms with Gasteiger partial charge in [-0.25, -0.2) is 9.59 Å². The normalized spacial score (nSPS) is 20.5. The highest BCUT2D eigenvalue weighted by molar-refractivity contribution is 9.10. The van der Waals surface area contributed by atoms with Crippen molar-refractivity contribution in [3.05, 3.63) is 58.6 Å². The maximum Gasteiger partial charge on any atom is 0.322 e. The first kappa shape index (κ1) is 32.3. The number of urea groups is 2. The average Bonchev–Trinajstić information content (AvgIpc) is 3.09. The Morgan fingerprint density at radius 3 is 2.20 bits per heavy atom. The van der Waals surface area contributed by atoms with Gasteiger partial charge in [0.15, 0.2) is 0 Å². The lowest BCUT2D eigenvalue weighted by Gasteiger charge is -2.41. The number of benzene rings is 2. The Bertz CT molecular complexity index is 1400. The van der Waals surface area contributed by atoms with Crippen LogP contribution in [0.2, 0.25) is 0 Å². The van der Waals surface area contributed by atoms with Gasteiger partial charge in [0, 0.05) is 60.7 Å². The van der Waals surface area contributed by atoms with Gasteiger partial charge in [-0.3, -0.25) is 9.59 Å². The molecule has 46 heavy (non-hydrogen) atoms. The first-order valence-corrected chi connectivity index (χ1v) is 17.4. The van der Waals surface area contributed by atoms with Gasteiger partial charge in [-0.15, -0.1) is 0 Å². The lowest BCUT2D eigenvalue weighted by Crippen LogP contribution is -2.56. The zero-order valence-corrected chi connectivity index (χ0v) is 27.8. The molecule has 3 fully saturated rings. The number of fused-ring (bicyclic) bond motifs is 1. The predicted octanol–water partition coefficient (Wildman–Crippen LogP) is 4.84. The van der Waals surface area contributed by atoms with E-state index in [1.165, 1.54) is 19.3 Å². The molecule has 2 aromatic carbocycles. The molecule has 3 saturated heterocycles. The van der Waals surface area contributed by atoms with E-state index in [0.717, 1.165) is 41.7 Å². The van der Waals surface area contributed by atoms with Gasteiger partial charge in [-0.2, -0.15) is 0 Å². The number of para-hydroxylation sites is 1. The lowest BCUT2D eigenvalue weighted by molar-refractivity contribution is -0.140. The number of piperidine rings is 3. The molecular formula is C34H44BrN7O4. The standard InChI is InChI=1S/C34H44BrN7O4/c35-25-8-10-26(11-9-25)36-33(45)37-30(32(44)41-20-12-27(13-21-41)39-16-4-1-5-17-39)22-31(43)40-18-14-28(15-19-40)42-23-24-6-2-3-7-29(24)38-34(42)46/h2-3,6-11,27-28,30H,1,4-5,12-23H2,(H,38,46)(H2,36,37,45)/t30-/m0/s1. The van der Waals surface area contributed by atoms with Crippen LogP contribution in [0.15, 0.2) is 53.0 Å². The Morgan fingerprint density at radius 1 is 0.826 bits per heavy atom. The molecule has 0 aromatic heterocycles. The first-order valence-electron chi connectivity index (χ1n) is 16.6. The Labute approximate surface area is 279 Å². The number of halogens is 1. The van der Waals surface area contributed by atoms with Crippen LogP contribution in [-0.4, -0.2) is 101 Å². The van der Waals surface area contributed by atoms with Gasteiger partial charge in [0.25, 0.3) is 0 Å². The minimum atomic E-state index is -0.975. The van der Waals surface area contributed by atoms with Gasteiger partial charge in [0.1, 0.15) is 6.04 Å². The van der Waals surface area contributed by atoms with E-state index < -0.39 is 12.1 Å². The van der Waals surface area contributed by atoms with Gasteiger partial charge in [0.05, 0.1) is 6.42 Å². The van der Waals surface area contributed by atoms with Crippen LogP contribution >= 0.6 is 15.9 Å². The summed E-state index contributed by atoms with van der Waals surface area (Å²) in [6.45, 7) is 5.01. The van der Waals surface area contributed by atoms with Crippen molar-refractivity contribution < 1.29 is 19.2 Å². The molecule has 0 spiro atoms. The lowest BCUT2D eigenvalue weighted by atomic mass is 9.98. The second-order valence-corrected chi connectivity index (χ2v) is 13.8. The van der Waals surface area contributed by atoms with Crippen LogP contribution in [-0.2, 0) is 16.1 Å². The third-order valence-corrected chi connectivity index (χ3v) is 10.4. The smallest absolute Gasteiger partial charge is 0.322 e.